The zero-order chi connectivity index (χ0) is 16.4. The van der Waals surface area contributed by atoms with Crippen molar-refractivity contribution < 1.29 is 14.8 Å². The Hall–Kier alpha value is -1.89. The maximum absolute atomic E-state index is 11.1. The van der Waals surface area contributed by atoms with Crippen LogP contribution in [0.15, 0.2) is 24.4 Å². The molecule has 0 aliphatic carbocycles. The van der Waals surface area contributed by atoms with Gasteiger partial charge in [-0.1, -0.05) is 34.8 Å². The van der Waals surface area contributed by atoms with E-state index in [-0.39, 0.29) is 15.7 Å². The van der Waals surface area contributed by atoms with E-state index in [1.54, 1.807) is 0 Å². The largest absolute Gasteiger partial charge is 0.481 e. The number of aliphatic carboxylic acids is 1. The average molecular weight is 362 g/mol. The molecule has 1 aromatic carbocycles. The molecule has 2 rings (SSSR count). The summed E-state index contributed by atoms with van der Waals surface area (Å²) in [4.78, 5) is 25.0. The number of halogens is 3. The van der Waals surface area contributed by atoms with Crippen molar-refractivity contribution >= 4 is 46.5 Å². The molecule has 9 heteroatoms. The number of carboxylic acids is 1. The predicted octanol–water partition coefficient (Wildman–Crippen LogP) is 4.24. The smallest absolute Gasteiger partial charge is 0.309 e. The summed E-state index contributed by atoms with van der Waals surface area (Å²) in [6, 6.07) is 4.13. The molecule has 0 aliphatic rings. The lowest BCUT2D eigenvalue weighted by Crippen LogP contribution is -2.06. The van der Waals surface area contributed by atoms with Crippen molar-refractivity contribution in [1.29, 1.82) is 0 Å². The Morgan fingerprint density at radius 3 is 2.55 bits per heavy atom. The third-order valence-corrected chi connectivity index (χ3v) is 3.79. The van der Waals surface area contributed by atoms with Crippen LogP contribution in [-0.4, -0.2) is 21.0 Å². The molecule has 114 valence electrons. The Kier molecular flexibility index (Phi) is 4.85. The number of hydrogen-bond acceptors (Lipinski definition) is 4. The fourth-order valence-electron chi connectivity index (χ4n) is 1.83. The Morgan fingerprint density at radius 1 is 1.27 bits per heavy atom. The lowest BCUT2D eigenvalue weighted by atomic mass is 10.1. The summed E-state index contributed by atoms with van der Waals surface area (Å²) >= 11 is 17.9. The van der Waals surface area contributed by atoms with Crippen LogP contribution < -0.4 is 0 Å². The van der Waals surface area contributed by atoms with E-state index in [0.717, 1.165) is 0 Å². The molecule has 1 N–H and O–H groups in total. The number of rotatable bonds is 4. The van der Waals surface area contributed by atoms with Crippen LogP contribution in [0.1, 0.15) is 5.69 Å². The normalized spacial score (nSPS) is 10.5. The summed E-state index contributed by atoms with van der Waals surface area (Å²) in [5, 5.41) is 20.5. The van der Waals surface area contributed by atoms with E-state index in [0.29, 0.717) is 16.1 Å². The quantitative estimate of drug-likeness (QED) is 0.499. The van der Waals surface area contributed by atoms with Gasteiger partial charge >= 0.3 is 5.97 Å². The highest BCUT2D eigenvalue weighted by atomic mass is 35.5. The fraction of sp³-hybridized carbons (Fsp3) is 0.0769. The first kappa shape index (κ1) is 16.5. The van der Waals surface area contributed by atoms with E-state index in [9.17, 15) is 14.9 Å². The van der Waals surface area contributed by atoms with E-state index in [1.165, 1.54) is 24.4 Å². The van der Waals surface area contributed by atoms with Crippen LogP contribution >= 0.6 is 34.8 Å². The maximum Gasteiger partial charge on any atom is 0.309 e. The van der Waals surface area contributed by atoms with Crippen LogP contribution in [0.3, 0.4) is 0 Å². The van der Waals surface area contributed by atoms with E-state index < -0.39 is 23.0 Å². The molecule has 1 heterocycles. The van der Waals surface area contributed by atoms with Gasteiger partial charge in [-0.2, -0.15) is 0 Å². The molecule has 0 bridgehead atoms. The van der Waals surface area contributed by atoms with Crippen molar-refractivity contribution in [3.63, 3.8) is 0 Å². The molecule has 1 aromatic heterocycles. The summed E-state index contributed by atoms with van der Waals surface area (Å²) in [6.07, 6.45) is 0.736. The molecule has 0 unspecified atom stereocenters. The summed E-state index contributed by atoms with van der Waals surface area (Å²) in [5.74, 6) is -1.22. The number of aromatic nitrogens is 1. The second-order valence-corrected chi connectivity index (χ2v) is 5.49. The van der Waals surface area contributed by atoms with Crippen LogP contribution in [0, 0.1) is 10.1 Å². The van der Waals surface area contributed by atoms with E-state index in [2.05, 4.69) is 4.98 Å². The highest BCUT2D eigenvalue weighted by Crippen LogP contribution is 2.37. The highest BCUT2D eigenvalue weighted by molar-refractivity contribution is 6.45. The van der Waals surface area contributed by atoms with Gasteiger partial charge in [0, 0.05) is 28.4 Å². The van der Waals surface area contributed by atoms with Crippen molar-refractivity contribution in [2.24, 2.45) is 0 Å². The van der Waals surface area contributed by atoms with Crippen molar-refractivity contribution in [2.45, 2.75) is 6.42 Å². The second kappa shape index (κ2) is 6.48. The van der Waals surface area contributed by atoms with Gasteiger partial charge in [-0.15, -0.1) is 0 Å². The zero-order valence-corrected chi connectivity index (χ0v) is 13.0. The molecule has 2 aromatic rings. The SMILES string of the molecule is O=C(O)Cc1ncc(-c2cc(Cl)cc(Cl)c2Cl)cc1[N+](=O)[O-]. The first-order valence-corrected chi connectivity index (χ1v) is 6.93. The van der Waals surface area contributed by atoms with Crippen LogP contribution in [0.25, 0.3) is 11.1 Å². The van der Waals surface area contributed by atoms with E-state index >= 15 is 0 Å². The summed E-state index contributed by atoms with van der Waals surface area (Å²) in [7, 11) is 0. The number of hydrogen-bond donors (Lipinski definition) is 1. The topological polar surface area (TPSA) is 93.3 Å². The minimum atomic E-state index is -1.22. The van der Waals surface area contributed by atoms with Crippen LogP contribution in [-0.2, 0) is 11.2 Å². The lowest BCUT2D eigenvalue weighted by molar-refractivity contribution is -0.385. The van der Waals surface area contributed by atoms with Gasteiger partial charge in [0.1, 0.15) is 5.69 Å². The Labute approximate surface area is 139 Å². The number of nitro groups is 1. The molecule has 0 aliphatic heterocycles. The van der Waals surface area contributed by atoms with Gasteiger partial charge in [0.05, 0.1) is 21.4 Å². The van der Waals surface area contributed by atoms with Gasteiger partial charge in [-0.3, -0.25) is 19.9 Å². The maximum atomic E-state index is 11.1. The van der Waals surface area contributed by atoms with Gasteiger partial charge in [0.2, 0.25) is 0 Å². The average Bonchev–Trinajstić information content (AvgIpc) is 2.42. The molecule has 0 saturated heterocycles. The zero-order valence-electron chi connectivity index (χ0n) is 10.7. The first-order chi connectivity index (χ1) is 10.3. The summed E-state index contributed by atoms with van der Waals surface area (Å²) in [5.41, 5.74) is 0.129. The van der Waals surface area contributed by atoms with E-state index in [4.69, 9.17) is 39.9 Å². The van der Waals surface area contributed by atoms with Crippen molar-refractivity contribution in [3.8, 4) is 11.1 Å². The number of carboxylic acid groups (broad SMARTS) is 1. The molecule has 0 atom stereocenters. The molecule has 22 heavy (non-hydrogen) atoms. The third-order valence-electron chi connectivity index (χ3n) is 2.77. The summed E-state index contributed by atoms with van der Waals surface area (Å²) in [6.45, 7) is 0. The molecule has 0 radical (unpaired) electrons. The standard InChI is InChI=1S/C13H7Cl3N2O4/c14-7-2-8(13(16)9(15)3-7)6-1-11(18(21)22)10(17-5-6)4-12(19)20/h1-3,5H,4H2,(H,19,20). The molecule has 0 spiro atoms. The highest BCUT2D eigenvalue weighted by Gasteiger charge is 2.20. The van der Waals surface area contributed by atoms with Crippen molar-refractivity contribution in [3.05, 3.63) is 55.3 Å². The van der Waals surface area contributed by atoms with E-state index in [1.807, 2.05) is 0 Å². The molecule has 0 amide bonds. The number of benzene rings is 1. The predicted molar refractivity (Wildman–Crippen MR) is 82.7 cm³/mol. The monoisotopic (exact) mass is 360 g/mol. The molecular weight excluding hydrogens is 355 g/mol. The second-order valence-electron chi connectivity index (χ2n) is 4.27. The molecular formula is C13H7Cl3N2O4. The lowest BCUT2D eigenvalue weighted by Gasteiger charge is -2.08. The molecule has 6 nitrogen and oxygen atoms in total. The molecule has 0 saturated carbocycles. The van der Waals surface area contributed by atoms with Crippen molar-refractivity contribution in [1.82, 2.24) is 4.98 Å². The van der Waals surface area contributed by atoms with Gasteiger partial charge in [-0.05, 0) is 12.1 Å². The van der Waals surface area contributed by atoms with Gasteiger partial charge < -0.3 is 5.11 Å². The van der Waals surface area contributed by atoms with Gasteiger partial charge in [0.25, 0.3) is 5.69 Å². The third kappa shape index (κ3) is 3.47. The van der Waals surface area contributed by atoms with Crippen LogP contribution in [0.2, 0.25) is 15.1 Å². The minimum absolute atomic E-state index is 0.148. The molecule has 0 fully saturated rings. The number of nitrogens with zero attached hydrogens (tertiary/aromatic N) is 2. The van der Waals surface area contributed by atoms with Crippen molar-refractivity contribution in [2.75, 3.05) is 0 Å². The number of carbonyl (C=O) groups is 1. The van der Waals surface area contributed by atoms with Gasteiger partial charge in [0.15, 0.2) is 0 Å². The summed E-state index contributed by atoms with van der Waals surface area (Å²) < 4.78 is 0. The minimum Gasteiger partial charge on any atom is -0.481 e. The Balaban J connectivity index is 2.61. The Bertz CT molecular complexity index is 780. The Morgan fingerprint density at radius 2 is 1.95 bits per heavy atom. The number of pyridine rings is 1. The van der Waals surface area contributed by atoms with Crippen LogP contribution in [0.4, 0.5) is 5.69 Å². The van der Waals surface area contributed by atoms with Gasteiger partial charge in [-0.25, -0.2) is 0 Å². The first-order valence-electron chi connectivity index (χ1n) is 5.79. The van der Waals surface area contributed by atoms with Crippen LogP contribution in [0.5, 0.6) is 0 Å². The fourth-order valence-corrected chi connectivity index (χ4v) is 2.54.